The van der Waals surface area contributed by atoms with Gasteiger partial charge in [0.25, 0.3) is 0 Å². The summed E-state index contributed by atoms with van der Waals surface area (Å²) >= 11 is 4.73. The number of halogens is 2. The van der Waals surface area contributed by atoms with E-state index in [0.29, 0.717) is 0 Å². The molecule has 0 aromatic carbocycles. The van der Waals surface area contributed by atoms with Crippen LogP contribution in [0.3, 0.4) is 0 Å². The summed E-state index contributed by atoms with van der Waals surface area (Å²) in [7, 11) is 0. The molecule has 0 aliphatic carbocycles. The van der Waals surface area contributed by atoms with E-state index in [1.54, 1.807) is 0 Å². The first-order chi connectivity index (χ1) is 2.00. The average Bonchev–Trinajstić information content (AvgIpc) is 0.722. The lowest BCUT2D eigenvalue weighted by molar-refractivity contribution is 0.662. The van der Waals surface area contributed by atoms with Gasteiger partial charge in [0.2, 0.25) is 6.05 Å². The molecule has 0 saturated carbocycles. The molecular formula is FIOS2. The first kappa shape index (κ1) is 6.03. The molecule has 1 atom stereocenters. The van der Waals surface area contributed by atoms with Crippen molar-refractivity contribution in [1.29, 1.82) is 0 Å². The Kier molecular flexibility index (Phi) is 1.99. The lowest BCUT2D eigenvalue weighted by atomic mass is 16.0. The monoisotopic (exact) mass is 226 g/mol. The molecule has 5 heteroatoms. The van der Waals surface area contributed by atoms with E-state index < -0.39 is 6.05 Å². The summed E-state index contributed by atoms with van der Waals surface area (Å²) in [4.78, 5) is 0. The van der Waals surface area contributed by atoms with Crippen molar-refractivity contribution in [3.8, 4) is 0 Å². The van der Waals surface area contributed by atoms with Gasteiger partial charge < -0.3 is 0 Å². The fourth-order valence-electron chi connectivity index (χ4n) is 0. The van der Waals surface area contributed by atoms with Crippen LogP contribution in [0.15, 0.2) is 0 Å². The Morgan fingerprint density at radius 2 is 2.00 bits per heavy atom. The van der Waals surface area contributed by atoms with Crippen molar-refractivity contribution < 1.29 is 8.09 Å². The van der Waals surface area contributed by atoms with Gasteiger partial charge in [-0.15, -0.1) is 3.89 Å². The van der Waals surface area contributed by atoms with E-state index in [0.717, 1.165) is 21.2 Å². The first-order valence-electron chi connectivity index (χ1n) is 0.642. The summed E-state index contributed by atoms with van der Waals surface area (Å²) in [6.07, 6.45) is 0. The van der Waals surface area contributed by atoms with Crippen molar-refractivity contribution in [3.05, 3.63) is 0 Å². The van der Waals surface area contributed by atoms with Gasteiger partial charge in [0.05, 0.1) is 21.2 Å². The minimum absolute atomic E-state index is 1.05. The Bertz CT molecular complexity index is 92.8. The summed E-state index contributed by atoms with van der Waals surface area (Å²) in [5, 5.41) is 0. The topological polar surface area (TPSA) is 17.1 Å². The molecule has 5 heavy (non-hydrogen) atoms. The van der Waals surface area contributed by atoms with Crippen molar-refractivity contribution in [1.82, 2.24) is 0 Å². The van der Waals surface area contributed by atoms with Crippen LogP contribution < -0.4 is 0 Å². The van der Waals surface area contributed by atoms with Crippen LogP contribution in [-0.4, -0.2) is 4.21 Å². The first-order valence-corrected chi connectivity index (χ1v) is 5.57. The Labute approximate surface area is 46.5 Å². The van der Waals surface area contributed by atoms with Crippen molar-refractivity contribution >= 4 is 38.4 Å². The lowest BCUT2D eigenvalue weighted by Crippen LogP contribution is -1.60. The maximum Gasteiger partial charge on any atom is 0.236 e. The summed E-state index contributed by atoms with van der Waals surface area (Å²) in [5.74, 6) is 0. The van der Waals surface area contributed by atoms with Crippen LogP contribution in [0.1, 0.15) is 0 Å². The zero-order valence-electron chi connectivity index (χ0n) is 1.98. The zero-order chi connectivity index (χ0) is 4.50. The maximum atomic E-state index is 11.0. The van der Waals surface area contributed by atoms with Gasteiger partial charge in [-0.1, -0.05) is 0 Å². The molecule has 0 aromatic heterocycles. The fourth-order valence-corrected chi connectivity index (χ4v) is 0. The Hall–Kier alpha value is 1.03. The molecule has 0 bridgehead atoms. The standard InChI is InChI=1S/FIOS2/c1-5(2,3)4. The van der Waals surface area contributed by atoms with E-state index in [4.69, 9.17) is 0 Å². The predicted octanol–water partition coefficient (Wildman–Crippen LogP) is 0.967. The molecule has 0 saturated heterocycles. The molecule has 0 rings (SSSR count). The third-order valence-electron chi connectivity index (χ3n) is 0. The van der Waals surface area contributed by atoms with Crippen molar-refractivity contribution in [2.45, 2.75) is 0 Å². The molecule has 0 N–H and O–H groups in total. The van der Waals surface area contributed by atoms with E-state index in [1.807, 2.05) is 0 Å². The third kappa shape index (κ3) is 43.5. The summed E-state index contributed by atoms with van der Waals surface area (Å²) in [5.41, 5.74) is 0. The second kappa shape index (κ2) is 1.65. The summed E-state index contributed by atoms with van der Waals surface area (Å²) in [6, 6.07) is -3.36. The molecule has 1 nitrogen and oxygen atoms in total. The fraction of sp³-hybridized carbons (Fsp3) is 0. The second-order valence-corrected chi connectivity index (χ2v) is 7.61. The average molecular weight is 226 g/mol. The van der Waals surface area contributed by atoms with Crippen molar-refractivity contribution in [3.63, 3.8) is 0 Å². The van der Waals surface area contributed by atoms with Crippen molar-refractivity contribution in [2.75, 3.05) is 0 Å². The molecule has 0 aliphatic heterocycles. The van der Waals surface area contributed by atoms with Gasteiger partial charge in [-0.25, -0.2) is 4.21 Å². The SMILES string of the molecule is O=S(F)(=S)I. The predicted molar refractivity (Wildman–Crippen MR) is 30.6 cm³/mol. The minimum Gasteiger partial charge on any atom is -0.213 e. The van der Waals surface area contributed by atoms with Gasteiger partial charge in [-0.2, -0.15) is 0 Å². The Morgan fingerprint density at radius 3 is 2.00 bits per heavy atom. The molecular weight excluding hydrogens is 226 g/mol. The highest BCUT2D eigenvalue weighted by atomic mass is 127. The van der Waals surface area contributed by atoms with Gasteiger partial charge in [0.15, 0.2) is 0 Å². The summed E-state index contributed by atoms with van der Waals surface area (Å²) in [6.45, 7) is 0. The lowest BCUT2D eigenvalue weighted by Gasteiger charge is -1.65. The molecule has 0 spiro atoms. The molecule has 1 unspecified atom stereocenters. The van der Waals surface area contributed by atoms with Crippen LogP contribution in [0.5, 0.6) is 0 Å². The third-order valence-corrected chi connectivity index (χ3v) is 0. The molecule has 0 heterocycles. The number of hydrogen-bond acceptors (Lipinski definition) is 2. The largest absolute Gasteiger partial charge is 0.236 e. The van der Waals surface area contributed by atoms with Gasteiger partial charge in [0, 0.05) is 11.2 Å². The summed E-state index contributed by atoms with van der Waals surface area (Å²) < 4.78 is 20.3. The Morgan fingerprint density at radius 1 is 2.00 bits per heavy atom. The highest BCUT2D eigenvalue weighted by Gasteiger charge is 1.84. The van der Waals surface area contributed by atoms with E-state index in [9.17, 15) is 8.09 Å². The number of hydrogen-bond donors (Lipinski definition) is 0. The van der Waals surface area contributed by atoms with Gasteiger partial charge >= 0.3 is 0 Å². The van der Waals surface area contributed by atoms with Gasteiger partial charge in [0.1, 0.15) is 0 Å². The van der Waals surface area contributed by atoms with Crippen LogP contribution in [0.4, 0.5) is 3.89 Å². The quantitative estimate of drug-likeness (QED) is 0.452. The molecule has 0 aliphatic rings. The van der Waals surface area contributed by atoms with E-state index in [2.05, 4.69) is 11.2 Å². The molecule has 0 amide bonds. The van der Waals surface area contributed by atoms with Crippen LogP contribution in [0.2, 0.25) is 0 Å². The van der Waals surface area contributed by atoms with Crippen molar-refractivity contribution in [2.24, 2.45) is 0 Å². The van der Waals surface area contributed by atoms with E-state index in [1.165, 1.54) is 0 Å². The number of rotatable bonds is 0. The molecule has 0 radical (unpaired) electrons. The van der Waals surface area contributed by atoms with Gasteiger partial charge in [-0.05, 0) is 0 Å². The van der Waals surface area contributed by atoms with Crippen LogP contribution in [0.25, 0.3) is 0 Å². The molecule has 32 valence electrons. The van der Waals surface area contributed by atoms with Crippen LogP contribution in [-0.2, 0) is 17.2 Å². The Balaban J connectivity index is 4.06. The van der Waals surface area contributed by atoms with Gasteiger partial charge in [-0.3, -0.25) is 0 Å². The molecule has 0 aromatic rings. The normalized spacial score (nSPS) is 21.2. The smallest absolute Gasteiger partial charge is 0.213 e. The van der Waals surface area contributed by atoms with E-state index in [-0.39, 0.29) is 0 Å². The molecule has 0 fully saturated rings. The van der Waals surface area contributed by atoms with E-state index >= 15 is 0 Å². The minimum atomic E-state index is -3.36. The second-order valence-electron chi connectivity index (χ2n) is 0.378. The van der Waals surface area contributed by atoms with Crippen LogP contribution >= 0.6 is 21.2 Å². The zero-order valence-corrected chi connectivity index (χ0v) is 5.77. The highest BCUT2D eigenvalue weighted by Crippen LogP contribution is 2.00. The maximum absolute atomic E-state index is 11.0. The van der Waals surface area contributed by atoms with Crippen LogP contribution in [0, 0.1) is 0 Å². The highest BCUT2D eigenvalue weighted by molar-refractivity contribution is 14.2.